The number of carbonyl (C=O) groups excluding carboxylic acids is 1. The van der Waals surface area contributed by atoms with Gasteiger partial charge in [-0.05, 0) is 43.6 Å². The van der Waals surface area contributed by atoms with Crippen LogP contribution in [0.1, 0.15) is 36.0 Å². The van der Waals surface area contributed by atoms with Gasteiger partial charge in [0.05, 0.1) is 5.56 Å². The van der Waals surface area contributed by atoms with Crippen molar-refractivity contribution in [3.8, 4) is 0 Å². The van der Waals surface area contributed by atoms with Crippen LogP contribution in [0.4, 0.5) is 0 Å². The zero-order valence-electron chi connectivity index (χ0n) is 12.6. The molecule has 6 heteroatoms. The number of hydrogen-bond acceptors (Lipinski definition) is 4. The summed E-state index contributed by atoms with van der Waals surface area (Å²) in [6.07, 6.45) is 6.98. The first kappa shape index (κ1) is 12.6. The average Bonchev–Trinajstić information content (AvgIpc) is 3.40. The second-order valence-electron chi connectivity index (χ2n) is 7.03. The molecule has 3 fully saturated rings. The number of likely N-dealkylation sites (tertiary alicyclic amines) is 1. The number of carbonyl (C=O) groups is 1. The highest BCUT2D eigenvalue weighted by Gasteiger charge is 2.54. The predicted molar refractivity (Wildman–Crippen MR) is 80.1 cm³/mol. The Morgan fingerprint density at radius 3 is 2.73 bits per heavy atom. The fourth-order valence-electron chi connectivity index (χ4n) is 4.02. The van der Waals surface area contributed by atoms with E-state index in [1.807, 2.05) is 0 Å². The molecule has 2 aromatic rings. The van der Waals surface area contributed by atoms with Gasteiger partial charge in [-0.1, -0.05) is 5.21 Å². The van der Waals surface area contributed by atoms with Gasteiger partial charge in [-0.3, -0.25) is 4.79 Å². The van der Waals surface area contributed by atoms with Gasteiger partial charge in [0.15, 0.2) is 5.65 Å². The van der Waals surface area contributed by atoms with Crippen LogP contribution in [0.25, 0.3) is 11.2 Å². The molecule has 2 aromatic heterocycles. The van der Waals surface area contributed by atoms with Crippen molar-refractivity contribution in [2.45, 2.75) is 31.7 Å². The number of amides is 1. The average molecular weight is 297 g/mol. The maximum absolute atomic E-state index is 13.0. The van der Waals surface area contributed by atoms with Crippen molar-refractivity contribution in [2.75, 3.05) is 6.54 Å². The minimum Gasteiger partial charge on any atom is -0.335 e. The maximum Gasteiger partial charge on any atom is 0.256 e. The van der Waals surface area contributed by atoms with E-state index in [0.29, 0.717) is 22.8 Å². The highest BCUT2D eigenvalue weighted by Crippen LogP contribution is 2.52. The quantitative estimate of drug-likeness (QED) is 0.863. The number of nitrogens with zero attached hydrogens (tertiary/aromatic N) is 5. The predicted octanol–water partition coefficient (Wildman–Crippen LogP) is 1.62. The van der Waals surface area contributed by atoms with Crippen molar-refractivity contribution in [3.05, 3.63) is 17.8 Å². The summed E-state index contributed by atoms with van der Waals surface area (Å²) >= 11 is 0. The van der Waals surface area contributed by atoms with Crippen LogP contribution in [0.2, 0.25) is 0 Å². The van der Waals surface area contributed by atoms with Crippen molar-refractivity contribution in [1.29, 1.82) is 0 Å². The topological polar surface area (TPSA) is 63.9 Å². The van der Waals surface area contributed by atoms with Crippen LogP contribution in [0.3, 0.4) is 0 Å². The van der Waals surface area contributed by atoms with Crippen molar-refractivity contribution in [3.63, 3.8) is 0 Å². The SMILES string of the molecule is Cn1nnc2c(C(=O)N3CC(C4CC4)C3C3CC3)ccnc21. The first-order valence-corrected chi connectivity index (χ1v) is 8.19. The monoisotopic (exact) mass is 297 g/mol. The summed E-state index contributed by atoms with van der Waals surface area (Å²) in [6.45, 7) is 0.925. The molecule has 1 amide bonds. The van der Waals surface area contributed by atoms with Gasteiger partial charge in [0.25, 0.3) is 5.91 Å². The molecule has 0 aromatic carbocycles. The van der Waals surface area contributed by atoms with Crippen molar-refractivity contribution < 1.29 is 4.79 Å². The number of rotatable bonds is 3. The molecule has 1 aliphatic heterocycles. The Hall–Kier alpha value is -1.98. The van der Waals surface area contributed by atoms with Gasteiger partial charge in [0.1, 0.15) is 5.52 Å². The molecule has 0 bridgehead atoms. The number of hydrogen-bond donors (Lipinski definition) is 0. The Morgan fingerprint density at radius 2 is 2.00 bits per heavy atom. The molecule has 2 unspecified atom stereocenters. The summed E-state index contributed by atoms with van der Waals surface area (Å²) in [7, 11) is 1.80. The summed E-state index contributed by atoms with van der Waals surface area (Å²) < 4.78 is 1.62. The van der Waals surface area contributed by atoms with Crippen LogP contribution in [0.5, 0.6) is 0 Å². The molecule has 114 valence electrons. The highest BCUT2D eigenvalue weighted by atomic mass is 16.2. The van der Waals surface area contributed by atoms with E-state index in [4.69, 9.17) is 0 Å². The van der Waals surface area contributed by atoms with E-state index < -0.39 is 0 Å². The Labute approximate surface area is 128 Å². The molecule has 2 aliphatic carbocycles. The van der Waals surface area contributed by atoms with Gasteiger partial charge in [-0.25, -0.2) is 9.67 Å². The van der Waals surface area contributed by atoms with Crippen LogP contribution in [0.15, 0.2) is 12.3 Å². The Bertz CT molecular complexity index is 761. The van der Waals surface area contributed by atoms with Crippen LogP contribution < -0.4 is 0 Å². The normalized spacial score (nSPS) is 28.0. The van der Waals surface area contributed by atoms with E-state index in [2.05, 4.69) is 20.2 Å². The molecule has 0 N–H and O–H groups in total. The Morgan fingerprint density at radius 1 is 1.23 bits per heavy atom. The maximum atomic E-state index is 13.0. The highest BCUT2D eigenvalue weighted by molar-refractivity contribution is 6.04. The summed E-state index contributed by atoms with van der Waals surface area (Å²) in [5.41, 5.74) is 1.95. The van der Waals surface area contributed by atoms with Crippen LogP contribution in [-0.4, -0.2) is 43.4 Å². The largest absolute Gasteiger partial charge is 0.335 e. The molecule has 0 spiro atoms. The molecule has 2 atom stereocenters. The van der Waals surface area contributed by atoms with Gasteiger partial charge in [-0.15, -0.1) is 5.10 Å². The van der Waals surface area contributed by atoms with Crippen molar-refractivity contribution in [2.24, 2.45) is 24.8 Å². The van der Waals surface area contributed by atoms with E-state index >= 15 is 0 Å². The molecule has 3 aliphatic rings. The lowest BCUT2D eigenvalue weighted by Crippen LogP contribution is -2.60. The summed E-state index contributed by atoms with van der Waals surface area (Å²) in [6, 6.07) is 2.26. The first-order valence-electron chi connectivity index (χ1n) is 8.19. The Kier molecular flexibility index (Phi) is 2.44. The van der Waals surface area contributed by atoms with Crippen LogP contribution in [0, 0.1) is 17.8 Å². The molecule has 6 nitrogen and oxygen atoms in total. The minimum atomic E-state index is 0.113. The van der Waals surface area contributed by atoms with Crippen molar-refractivity contribution in [1.82, 2.24) is 24.9 Å². The zero-order valence-corrected chi connectivity index (χ0v) is 12.6. The number of fused-ring (bicyclic) bond motifs is 1. The first-order chi connectivity index (χ1) is 10.7. The lowest BCUT2D eigenvalue weighted by atomic mass is 9.80. The molecule has 0 radical (unpaired) electrons. The third-order valence-electron chi connectivity index (χ3n) is 5.52. The lowest BCUT2D eigenvalue weighted by Gasteiger charge is -2.49. The number of aromatic nitrogens is 4. The smallest absolute Gasteiger partial charge is 0.256 e. The molecule has 22 heavy (non-hydrogen) atoms. The van der Waals surface area contributed by atoms with Gasteiger partial charge < -0.3 is 4.90 Å². The second-order valence-corrected chi connectivity index (χ2v) is 7.03. The van der Waals surface area contributed by atoms with E-state index in [1.165, 1.54) is 25.7 Å². The molecule has 5 rings (SSSR count). The third-order valence-corrected chi connectivity index (χ3v) is 5.52. The summed E-state index contributed by atoms with van der Waals surface area (Å²) in [5, 5.41) is 8.13. The van der Waals surface area contributed by atoms with Gasteiger partial charge in [0.2, 0.25) is 0 Å². The lowest BCUT2D eigenvalue weighted by molar-refractivity contribution is -0.00185. The van der Waals surface area contributed by atoms with Crippen LogP contribution >= 0.6 is 0 Å². The molecular weight excluding hydrogens is 278 g/mol. The van der Waals surface area contributed by atoms with E-state index in [-0.39, 0.29) is 5.91 Å². The zero-order chi connectivity index (χ0) is 14.8. The van der Waals surface area contributed by atoms with E-state index in [0.717, 1.165) is 24.3 Å². The van der Waals surface area contributed by atoms with E-state index in [1.54, 1.807) is 24.0 Å². The third kappa shape index (κ3) is 1.72. The second kappa shape index (κ2) is 4.27. The Balaban J connectivity index is 1.48. The van der Waals surface area contributed by atoms with Crippen molar-refractivity contribution >= 4 is 17.1 Å². The van der Waals surface area contributed by atoms with Gasteiger partial charge >= 0.3 is 0 Å². The minimum absolute atomic E-state index is 0.113. The summed E-state index contributed by atoms with van der Waals surface area (Å²) in [5.74, 6) is 2.48. The fourth-order valence-corrected chi connectivity index (χ4v) is 4.02. The fraction of sp³-hybridized carbons (Fsp3) is 0.625. The molecule has 2 saturated carbocycles. The molecular formula is C16H19N5O. The van der Waals surface area contributed by atoms with E-state index in [9.17, 15) is 4.79 Å². The van der Waals surface area contributed by atoms with Gasteiger partial charge in [-0.2, -0.15) is 0 Å². The summed E-state index contributed by atoms with van der Waals surface area (Å²) in [4.78, 5) is 19.4. The molecule has 3 heterocycles. The number of aryl methyl sites for hydroxylation is 1. The number of pyridine rings is 1. The van der Waals surface area contributed by atoms with Crippen LogP contribution in [-0.2, 0) is 7.05 Å². The standard InChI is InChI=1S/C16H19N5O/c1-20-15-13(18-19-20)11(6-7-17-15)16(22)21-8-12(9-2-3-9)14(21)10-4-5-10/h6-7,9-10,12,14H,2-5,8H2,1H3. The molecule has 1 saturated heterocycles. The van der Waals surface area contributed by atoms with Gasteiger partial charge in [0, 0.05) is 31.7 Å².